The quantitative estimate of drug-likeness (QED) is 0.875. The third-order valence-electron chi connectivity index (χ3n) is 2.66. The van der Waals surface area contributed by atoms with E-state index in [1.165, 1.54) is 0 Å². The molecule has 2 N–H and O–H groups in total. The summed E-state index contributed by atoms with van der Waals surface area (Å²) in [5.74, 6) is 0.152. The Labute approximate surface area is 104 Å². The minimum absolute atomic E-state index is 0.0660. The van der Waals surface area contributed by atoms with Crippen LogP contribution in [0.4, 0.5) is 0 Å². The van der Waals surface area contributed by atoms with Crippen LogP contribution >= 0.6 is 0 Å². The second-order valence-corrected chi connectivity index (χ2v) is 6.83. The van der Waals surface area contributed by atoms with Gasteiger partial charge in [0.1, 0.15) is 0 Å². The average molecular weight is 255 g/mol. The van der Waals surface area contributed by atoms with Gasteiger partial charge in [0.15, 0.2) is 9.84 Å². The molecule has 4 heteroatoms. The first-order valence-corrected chi connectivity index (χ1v) is 7.67. The van der Waals surface area contributed by atoms with E-state index in [0.29, 0.717) is 6.42 Å². The van der Waals surface area contributed by atoms with Crippen molar-refractivity contribution in [3.63, 3.8) is 0 Å². The predicted molar refractivity (Wildman–Crippen MR) is 71.7 cm³/mol. The summed E-state index contributed by atoms with van der Waals surface area (Å²) in [6.45, 7) is 5.85. The van der Waals surface area contributed by atoms with Gasteiger partial charge < -0.3 is 5.73 Å². The third kappa shape index (κ3) is 4.88. The van der Waals surface area contributed by atoms with Crippen molar-refractivity contribution in [3.8, 4) is 0 Å². The summed E-state index contributed by atoms with van der Waals surface area (Å²) in [5, 5.41) is 0. The molecule has 1 aromatic carbocycles. The molecule has 0 radical (unpaired) electrons. The molecular weight excluding hydrogens is 234 g/mol. The van der Waals surface area contributed by atoms with Gasteiger partial charge in [-0.1, -0.05) is 36.2 Å². The first kappa shape index (κ1) is 14.2. The summed E-state index contributed by atoms with van der Waals surface area (Å²) >= 11 is 0. The summed E-state index contributed by atoms with van der Waals surface area (Å²) in [7, 11) is -3.10. The van der Waals surface area contributed by atoms with Gasteiger partial charge in [-0.3, -0.25) is 0 Å². The summed E-state index contributed by atoms with van der Waals surface area (Å²) in [4.78, 5) is 0. The molecule has 0 aliphatic heterocycles. The van der Waals surface area contributed by atoms with E-state index in [-0.39, 0.29) is 17.5 Å². The molecule has 1 rings (SSSR count). The van der Waals surface area contributed by atoms with Gasteiger partial charge in [0.2, 0.25) is 0 Å². The number of rotatable bonds is 5. The molecule has 0 aliphatic rings. The molecule has 0 fully saturated rings. The number of hydrogen-bond acceptors (Lipinski definition) is 3. The van der Waals surface area contributed by atoms with E-state index in [9.17, 15) is 8.42 Å². The minimum atomic E-state index is -3.10. The number of benzene rings is 1. The fraction of sp³-hybridized carbons (Fsp3) is 0.538. The number of sulfone groups is 1. The molecule has 0 aliphatic carbocycles. The van der Waals surface area contributed by atoms with Crippen molar-refractivity contribution in [1.29, 1.82) is 0 Å². The van der Waals surface area contributed by atoms with Crippen molar-refractivity contribution >= 4 is 9.84 Å². The highest BCUT2D eigenvalue weighted by Gasteiger charge is 2.16. The van der Waals surface area contributed by atoms with E-state index in [0.717, 1.165) is 16.7 Å². The normalized spacial score (nSPS) is 13.6. The number of aryl methyl sites for hydroxylation is 2. The highest BCUT2D eigenvalue weighted by molar-refractivity contribution is 7.90. The number of hydrogen-bond donors (Lipinski definition) is 1. The van der Waals surface area contributed by atoms with Gasteiger partial charge in [-0.05, 0) is 25.8 Å². The first-order valence-electron chi connectivity index (χ1n) is 5.85. The fourth-order valence-corrected chi connectivity index (χ4v) is 3.59. The van der Waals surface area contributed by atoms with Gasteiger partial charge in [0, 0.05) is 6.04 Å². The van der Waals surface area contributed by atoms with Crippen molar-refractivity contribution in [2.45, 2.75) is 39.0 Å². The lowest BCUT2D eigenvalue weighted by atomic mass is 10.1. The Hall–Kier alpha value is -0.870. The van der Waals surface area contributed by atoms with Crippen LogP contribution in [0.3, 0.4) is 0 Å². The van der Waals surface area contributed by atoms with Crippen molar-refractivity contribution in [3.05, 3.63) is 34.9 Å². The Morgan fingerprint density at radius 3 is 2.18 bits per heavy atom. The van der Waals surface area contributed by atoms with Crippen LogP contribution in [0.5, 0.6) is 0 Å². The molecule has 1 atom stereocenters. The highest BCUT2D eigenvalue weighted by Crippen LogP contribution is 2.13. The van der Waals surface area contributed by atoms with Crippen LogP contribution in [0, 0.1) is 13.8 Å². The zero-order valence-electron chi connectivity index (χ0n) is 10.7. The lowest BCUT2D eigenvalue weighted by Gasteiger charge is -2.10. The smallest absolute Gasteiger partial charge is 0.155 e. The lowest BCUT2D eigenvalue weighted by molar-refractivity contribution is 0.583. The lowest BCUT2D eigenvalue weighted by Crippen LogP contribution is -2.29. The zero-order valence-corrected chi connectivity index (χ0v) is 11.5. The van der Waals surface area contributed by atoms with E-state index in [2.05, 4.69) is 0 Å². The van der Waals surface area contributed by atoms with Crippen molar-refractivity contribution in [2.24, 2.45) is 5.73 Å². The average Bonchev–Trinajstić information content (AvgIpc) is 2.13. The molecule has 0 amide bonds. The molecule has 3 nitrogen and oxygen atoms in total. The minimum Gasteiger partial charge on any atom is -0.327 e. The Balaban J connectivity index is 2.83. The Morgan fingerprint density at radius 1 is 1.18 bits per heavy atom. The topological polar surface area (TPSA) is 60.2 Å². The molecule has 0 spiro atoms. The van der Waals surface area contributed by atoms with E-state index < -0.39 is 9.84 Å². The maximum Gasteiger partial charge on any atom is 0.155 e. The predicted octanol–water partition coefficient (Wildman–Crippen LogP) is 1.96. The Bertz CT molecular complexity index is 460. The van der Waals surface area contributed by atoms with Crippen molar-refractivity contribution in [1.82, 2.24) is 0 Å². The van der Waals surface area contributed by atoms with Crippen LogP contribution in [0.2, 0.25) is 0 Å². The summed E-state index contributed by atoms with van der Waals surface area (Å²) < 4.78 is 23.8. The van der Waals surface area contributed by atoms with Crippen molar-refractivity contribution in [2.75, 3.05) is 5.75 Å². The summed E-state index contributed by atoms with van der Waals surface area (Å²) in [6.07, 6.45) is 0.687. The van der Waals surface area contributed by atoms with Crippen LogP contribution in [0.25, 0.3) is 0 Å². The van der Waals surface area contributed by atoms with Crippen molar-refractivity contribution < 1.29 is 8.42 Å². The van der Waals surface area contributed by atoms with Gasteiger partial charge in [-0.2, -0.15) is 0 Å². The van der Waals surface area contributed by atoms with E-state index >= 15 is 0 Å². The van der Waals surface area contributed by atoms with Crippen LogP contribution < -0.4 is 5.73 Å². The largest absolute Gasteiger partial charge is 0.327 e. The molecule has 96 valence electrons. The second kappa shape index (κ2) is 5.65. The monoisotopic (exact) mass is 255 g/mol. The van der Waals surface area contributed by atoms with Gasteiger partial charge >= 0.3 is 0 Å². The Kier molecular flexibility index (Phi) is 4.71. The van der Waals surface area contributed by atoms with Gasteiger partial charge in [0.25, 0.3) is 0 Å². The molecule has 0 heterocycles. The molecule has 0 saturated heterocycles. The van der Waals surface area contributed by atoms with Crippen LogP contribution in [-0.4, -0.2) is 20.2 Å². The molecule has 1 unspecified atom stereocenters. The highest BCUT2D eigenvalue weighted by atomic mass is 32.2. The summed E-state index contributed by atoms with van der Waals surface area (Å²) in [5.41, 5.74) is 8.73. The van der Waals surface area contributed by atoms with Gasteiger partial charge in [0.05, 0.1) is 11.5 Å². The van der Waals surface area contributed by atoms with Gasteiger partial charge in [-0.15, -0.1) is 0 Å². The van der Waals surface area contributed by atoms with E-state index in [1.807, 2.05) is 39.0 Å². The van der Waals surface area contributed by atoms with E-state index in [4.69, 9.17) is 5.73 Å². The SMILES string of the molecule is CCC(N)CS(=O)(=O)Cc1cc(C)cc(C)c1. The molecule has 0 saturated carbocycles. The zero-order chi connectivity index (χ0) is 13.1. The summed E-state index contributed by atoms with van der Waals surface area (Å²) in [6, 6.07) is 5.61. The molecule has 0 aromatic heterocycles. The maximum absolute atomic E-state index is 11.9. The number of nitrogens with two attached hydrogens (primary N) is 1. The molecule has 1 aromatic rings. The fourth-order valence-electron chi connectivity index (χ4n) is 1.91. The maximum atomic E-state index is 11.9. The Morgan fingerprint density at radius 2 is 1.71 bits per heavy atom. The third-order valence-corrected chi connectivity index (χ3v) is 4.37. The second-order valence-electron chi connectivity index (χ2n) is 4.72. The standard InChI is InChI=1S/C13H21NO2S/c1-4-13(14)9-17(15,16)8-12-6-10(2)5-11(3)7-12/h5-7,13H,4,8-9,14H2,1-3H3. The van der Waals surface area contributed by atoms with Crippen LogP contribution in [0.15, 0.2) is 18.2 Å². The molecular formula is C13H21NO2S. The van der Waals surface area contributed by atoms with Crippen LogP contribution in [-0.2, 0) is 15.6 Å². The molecule has 17 heavy (non-hydrogen) atoms. The molecule has 0 bridgehead atoms. The van der Waals surface area contributed by atoms with Crippen LogP contribution in [0.1, 0.15) is 30.0 Å². The first-order chi connectivity index (χ1) is 7.82. The van der Waals surface area contributed by atoms with Gasteiger partial charge in [-0.25, -0.2) is 8.42 Å². The van der Waals surface area contributed by atoms with E-state index in [1.54, 1.807) is 0 Å².